The normalized spacial score (nSPS) is 22.9. The number of halogens is 1. The predicted octanol–water partition coefficient (Wildman–Crippen LogP) is 2.89. The number of carbonyl (C=O) groups is 2. The molecule has 3 aliphatic heterocycles. The number of nitrogens with zero attached hydrogens (tertiary/aromatic N) is 2. The topological polar surface area (TPSA) is 49.9 Å². The summed E-state index contributed by atoms with van der Waals surface area (Å²) in [6.45, 7) is 5.88. The summed E-state index contributed by atoms with van der Waals surface area (Å²) < 4.78 is 5.69. The van der Waals surface area contributed by atoms with E-state index >= 15 is 0 Å². The van der Waals surface area contributed by atoms with Gasteiger partial charge in [-0.3, -0.25) is 9.59 Å². The molecule has 4 rings (SSSR count). The van der Waals surface area contributed by atoms with Gasteiger partial charge in [-0.05, 0) is 49.9 Å². The van der Waals surface area contributed by atoms with Gasteiger partial charge in [0, 0.05) is 30.7 Å². The van der Waals surface area contributed by atoms with E-state index in [4.69, 9.17) is 16.3 Å². The summed E-state index contributed by atoms with van der Waals surface area (Å²) in [6.07, 6.45) is 2.81. The van der Waals surface area contributed by atoms with Crippen molar-refractivity contribution >= 4 is 23.4 Å². The Morgan fingerprint density at radius 1 is 1.32 bits per heavy atom. The monoisotopic (exact) mass is 364 g/mol. The molecule has 0 unspecified atom stereocenters. The minimum absolute atomic E-state index is 0.0100. The lowest BCUT2D eigenvalue weighted by Crippen LogP contribution is -2.48. The van der Waals surface area contributed by atoms with Crippen molar-refractivity contribution in [1.29, 1.82) is 0 Å². The van der Waals surface area contributed by atoms with Gasteiger partial charge in [0.1, 0.15) is 5.75 Å². The predicted molar refractivity (Wildman–Crippen MR) is 96.8 cm³/mol. The van der Waals surface area contributed by atoms with E-state index in [1.165, 1.54) is 0 Å². The van der Waals surface area contributed by atoms with E-state index in [9.17, 15) is 9.59 Å². The Labute approximate surface area is 153 Å². The number of amides is 2. The first-order valence-electron chi connectivity index (χ1n) is 8.96. The average molecular weight is 365 g/mol. The minimum Gasteiger partial charge on any atom is -0.483 e. The Balaban J connectivity index is 1.64. The van der Waals surface area contributed by atoms with E-state index in [0.717, 1.165) is 31.4 Å². The first-order chi connectivity index (χ1) is 12.0. The van der Waals surface area contributed by atoms with E-state index in [0.29, 0.717) is 23.9 Å². The van der Waals surface area contributed by atoms with Gasteiger partial charge in [-0.1, -0.05) is 18.5 Å². The Kier molecular flexibility index (Phi) is 5.52. The summed E-state index contributed by atoms with van der Waals surface area (Å²) in [5.41, 5.74) is 0.903. The van der Waals surface area contributed by atoms with E-state index in [2.05, 4.69) is 6.92 Å². The maximum absolute atomic E-state index is 12.6. The van der Waals surface area contributed by atoms with Crippen molar-refractivity contribution in [3.05, 3.63) is 28.8 Å². The number of hydrogen-bond acceptors (Lipinski definition) is 3. The van der Waals surface area contributed by atoms with Crippen molar-refractivity contribution in [3.8, 4) is 5.75 Å². The van der Waals surface area contributed by atoms with Crippen LogP contribution in [0.3, 0.4) is 0 Å². The molecule has 3 saturated heterocycles. The van der Waals surface area contributed by atoms with Gasteiger partial charge < -0.3 is 14.5 Å². The van der Waals surface area contributed by atoms with E-state index in [1.54, 1.807) is 17.0 Å². The fourth-order valence-electron chi connectivity index (χ4n) is 3.78. The Morgan fingerprint density at radius 3 is 2.84 bits per heavy atom. The zero-order valence-electron chi connectivity index (χ0n) is 14.8. The first kappa shape index (κ1) is 18.1. The third-order valence-corrected chi connectivity index (χ3v) is 5.33. The second-order valence-corrected chi connectivity index (χ2v) is 7.39. The molecule has 1 aromatic rings. The standard InChI is InChI=1S/C19H25ClN2O3/c1-3-8-22-16-6-4-14(19(22)24)10-21(11-16)18(23)12-25-17-7-5-15(20)9-13(17)2/h5,7,9,14,16H,3-4,6,8,10-12H2,1-2H3/t14-,16+/m1/s1. The van der Waals surface area contributed by atoms with Gasteiger partial charge in [-0.15, -0.1) is 0 Å². The van der Waals surface area contributed by atoms with Crippen molar-refractivity contribution < 1.29 is 14.3 Å². The lowest BCUT2D eigenvalue weighted by atomic mass is 9.94. The summed E-state index contributed by atoms with van der Waals surface area (Å²) in [7, 11) is 0. The summed E-state index contributed by atoms with van der Waals surface area (Å²) in [6, 6.07) is 5.49. The maximum Gasteiger partial charge on any atom is 0.260 e. The highest BCUT2D eigenvalue weighted by atomic mass is 35.5. The zero-order chi connectivity index (χ0) is 18.0. The molecule has 136 valence electrons. The van der Waals surface area contributed by atoms with Gasteiger partial charge in [-0.2, -0.15) is 0 Å². The van der Waals surface area contributed by atoms with Crippen molar-refractivity contribution in [2.45, 2.75) is 39.2 Å². The molecule has 0 spiro atoms. The first-order valence-corrected chi connectivity index (χ1v) is 9.34. The van der Waals surface area contributed by atoms with Gasteiger partial charge in [0.05, 0.1) is 5.92 Å². The molecular weight excluding hydrogens is 340 g/mol. The Bertz CT molecular complexity index is 664. The zero-order valence-corrected chi connectivity index (χ0v) is 15.6. The summed E-state index contributed by atoms with van der Waals surface area (Å²) >= 11 is 5.94. The third-order valence-electron chi connectivity index (χ3n) is 5.10. The molecule has 0 N–H and O–H groups in total. The van der Waals surface area contributed by atoms with Crippen LogP contribution in [0.5, 0.6) is 5.75 Å². The van der Waals surface area contributed by atoms with Gasteiger partial charge in [0.25, 0.3) is 5.91 Å². The van der Waals surface area contributed by atoms with Crippen LogP contribution in [0, 0.1) is 12.8 Å². The maximum atomic E-state index is 12.6. The minimum atomic E-state index is -0.0634. The number of rotatable bonds is 5. The summed E-state index contributed by atoms with van der Waals surface area (Å²) in [4.78, 5) is 29.0. The number of aryl methyl sites for hydroxylation is 1. The van der Waals surface area contributed by atoms with Crippen LogP contribution >= 0.6 is 11.6 Å². The highest BCUT2D eigenvalue weighted by molar-refractivity contribution is 6.30. The molecular formula is C19H25ClN2O3. The number of fused-ring (bicyclic) bond motifs is 4. The lowest BCUT2D eigenvalue weighted by Gasteiger charge is -2.35. The molecule has 0 aromatic heterocycles. The number of piperidine rings is 1. The van der Waals surface area contributed by atoms with Crippen LogP contribution in [-0.2, 0) is 9.59 Å². The molecule has 6 heteroatoms. The molecule has 3 heterocycles. The second kappa shape index (κ2) is 7.65. The van der Waals surface area contributed by atoms with Crippen molar-refractivity contribution in [2.24, 2.45) is 5.92 Å². The molecule has 2 bridgehead atoms. The van der Waals surface area contributed by atoms with Crippen LogP contribution in [-0.4, -0.2) is 53.9 Å². The molecule has 3 aliphatic rings. The SMILES string of the molecule is CCCN1C(=O)[C@@H]2CC[C@H]1CN(C(=O)COc1ccc(Cl)cc1C)C2. The molecule has 1 aromatic carbocycles. The fourth-order valence-corrected chi connectivity index (χ4v) is 4.01. The highest BCUT2D eigenvalue weighted by Crippen LogP contribution is 2.29. The number of carbonyl (C=O) groups excluding carboxylic acids is 2. The molecule has 2 atom stereocenters. The lowest BCUT2D eigenvalue weighted by molar-refractivity contribution is -0.139. The molecule has 3 fully saturated rings. The molecule has 5 nitrogen and oxygen atoms in total. The van der Waals surface area contributed by atoms with Gasteiger partial charge in [0.15, 0.2) is 6.61 Å². The Morgan fingerprint density at radius 2 is 2.12 bits per heavy atom. The fraction of sp³-hybridized carbons (Fsp3) is 0.579. The quantitative estimate of drug-likeness (QED) is 0.807. The summed E-state index contributed by atoms with van der Waals surface area (Å²) in [5.74, 6) is 0.756. The van der Waals surface area contributed by atoms with Crippen LogP contribution in [0.15, 0.2) is 18.2 Å². The van der Waals surface area contributed by atoms with E-state index in [1.807, 2.05) is 17.9 Å². The van der Waals surface area contributed by atoms with E-state index < -0.39 is 0 Å². The van der Waals surface area contributed by atoms with Crippen LogP contribution in [0.25, 0.3) is 0 Å². The number of benzene rings is 1. The molecule has 0 saturated carbocycles. The summed E-state index contributed by atoms with van der Waals surface area (Å²) in [5, 5.41) is 0.648. The van der Waals surface area contributed by atoms with Crippen LogP contribution in [0.4, 0.5) is 0 Å². The smallest absolute Gasteiger partial charge is 0.260 e. The van der Waals surface area contributed by atoms with Gasteiger partial charge >= 0.3 is 0 Å². The number of hydrogen-bond donors (Lipinski definition) is 0. The van der Waals surface area contributed by atoms with Crippen molar-refractivity contribution in [3.63, 3.8) is 0 Å². The molecule has 2 amide bonds. The van der Waals surface area contributed by atoms with Gasteiger partial charge in [-0.25, -0.2) is 0 Å². The van der Waals surface area contributed by atoms with Crippen molar-refractivity contribution in [2.75, 3.05) is 26.2 Å². The number of ether oxygens (including phenoxy) is 1. The molecule has 0 aliphatic carbocycles. The van der Waals surface area contributed by atoms with Gasteiger partial charge in [0.2, 0.25) is 5.91 Å². The largest absolute Gasteiger partial charge is 0.483 e. The molecule has 0 radical (unpaired) electrons. The van der Waals surface area contributed by atoms with Crippen molar-refractivity contribution in [1.82, 2.24) is 9.80 Å². The van der Waals surface area contributed by atoms with Crippen LogP contribution < -0.4 is 4.74 Å². The van der Waals surface area contributed by atoms with E-state index in [-0.39, 0.29) is 30.4 Å². The van der Waals surface area contributed by atoms with Crippen LogP contribution in [0.2, 0.25) is 5.02 Å². The Hall–Kier alpha value is -1.75. The molecule has 25 heavy (non-hydrogen) atoms. The second-order valence-electron chi connectivity index (χ2n) is 6.96. The third kappa shape index (κ3) is 3.92. The average Bonchev–Trinajstić information content (AvgIpc) is 2.87. The highest BCUT2D eigenvalue weighted by Gasteiger charge is 2.41. The van der Waals surface area contributed by atoms with Crippen LogP contribution in [0.1, 0.15) is 31.7 Å².